The van der Waals surface area contributed by atoms with Gasteiger partial charge in [0.25, 0.3) is 0 Å². The normalized spacial score (nSPS) is 18.2. The third-order valence-electron chi connectivity index (χ3n) is 5.16. The Morgan fingerprint density at radius 2 is 2.09 bits per heavy atom. The molecule has 1 aliphatic rings. The average Bonchev–Trinajstić information content (AvgIpc) is 2.75. The topological polar surface area (TPSA) is 65.4 Å². The Hall–Kier alpha value is -2.12. The molecular weight excluding hydrogens is 463 g/mol. The maximum Gasteiger partial charge on any atom is 0.417 e. The molecule has 1 N–H and O–H groups in total. The Labute approximate surface area is 192 Å². The quantitative estimate of drug-likeness (QED) is 0.645. The summed E-state index contributed by atoms with van der Waals surface area (Å²) in [7, 11) is -1.75. The monoisotopic (exact) mass is 485 g/mol. The van der Waals surface area contributed by atoms with Gasteiger partial charge in [0.1, 0.15) is 12.4 Å². The molecule has 32 heavy (non-hydrogen) atoms. The van der Waals surface area contributed by atoms with E-state index in [2.05, 4.69) is 16.3 Å². The lowest BCUT2D eigenvalue weighted by atomic mass is 10.1. The Bertz CT molecular complexity index is 1030. The van der Waals surface area contributed by atoms with Gasteiger partial charge in [0.05, 0.1) is 38.9 Å². The van der Waals surface area contributed by atoms with Crippen molar-refractivity contribution in [3.05, 3.63) is 58.1 Å². The van der Waals surface area contributed by atoms with Gasteiger partial charge >= 0.3 is 6.18 Å². The number of nitrogens with one attached hydrogen (secondary N) is 1. The van der Waals surface area contributed by atoms with E-state index in [1.807, 2.05) is 12.1 Å². The van der Waals surface area contributed by atoms with Crippen molar-refractivity contribution in [1.82, 2.24) is 10.2 Å². The van der Waals surface area contributed by atoms with Gasteiger partial charge < -0.3 is 15.0 Å². The van der Waals surface area contributed by atoms with E-state index in [0.29, 0.717) is 17.1 Å². The van der Waals surface area contributed by atoms with Crippen LogP contribution >= 0.6 is 11.6 Å². The second-order valence-electron chi connectivity index (χ2n) is 7.58. The summed E-state index contributed by atoms with van der Waals surface area (Å²) in [5.41, 5.74) is 0.566. The maximum absolute atomic E-state index is 13.3. The highest BCUT2D eigenvalue weighted by Crippen LogP contribution is 2.35. The molecule has 2 aromatic rings. The van der Waals surface area contributed by atoms with Crippen LogP contribution in [0, 0.1) is 11.3 Å². The fraction of sp³-hybridized carbons (Fsp3) is 0.409. The van der Waals surface area contributed by atoms with Crippen molar-refractivity contribution in [1.29, 1.82) is 5.26 Å². The number of nitriles is 1. The summed E-state index contributed by atoms with van der Waals surface area (Å²) < 4.78 is 57.1. The summed E-state index contributed by atoms with van der Waals surface area (Å²) in [4.78, 5) is 1.98. The van der Waals surface area contributed by atoms with Crippen LogP contribution < -0.4 is 10.1 Å². The van der Waals surface area contributed by atoms with Crippen molar-refractivity contribution in [3.8, 4) is 11.8 Å². The fourth-order valence-electron chi connectivity index (χ4n) is 3.62. The number of rotatable bonds is 7. The molecule has 5 nitrogen and oxygen atoms in total. The second kappa shape index (κ2) is 10.7. The minimum atomic E-state index is -4.61. The number of ether oxygens (including phenoxy) is 1. The molecule has 2 aromatic carbocycles. The van der Waals surface area contributed by atoms with Crippen LogP contribution in [-0.4, -0.2) is 54.2 Å². The highest BCUT2D eigenvalue weighted by atomic mass is 35.5. The second-order valence-corrected chi connectivity index (χ2v) is 9.37. The number of hydrogen-bond acceptors (Lipinski definition) is 5. The molecule has 10 heteroatoms. The highest BCUT2D eigenvalue weighted by molar-refractivity contribution is 7.84. The lowest BCUT2D eigenvalue weighted by molar-refractivity contribution is -0.139. The molecule has 2 atom stereocenters. The van der Waals surface area contributed by atoms with Crippen LogP contribution in [0.4, 0.5) is 13.2 Å². The van der Waals surface area contributed by atoms with Gasteiger partial charge in [-0.25, -0.2) is 0 Å². The van der Waals surface area contributed by atoms with Crippen molar-refractivity contribution >= 4 is 22.4 Å². The summed E-state index contributed by atoms with van der Waals surface area (Å²) in [5, 5.41) is 12.9. The van der Waals surface area contributed by atoms with Gasteiger partial charge in [0, 0.05) is 37.5 Å². The lowest BCUT2D eigenvalue weighted by Gasteiger charge is -2.33. The van der Waals surface area contributed by atoms with E-state index in [-0.39, 0.29) is 23.3 Å². The van der Waals surface area contributed by atoms with E-state index in [9.17, 15) is 17.4 Å². The fourth-order valence-corrected chi connectivity index (χ4v) is 4.63. The molecule has 0 saturated carbocycles. The van der Waals surface area contributed by atoms with E-state index in [1.165, 1.54) is 18.4 Å². The number of benzene rings is 2. The Kier molecular flexibility index (Phi) is 8.17. The smallest absolute Gasteiger partial charge is 0.417 e. The summed E-state index contributed by atoms with van der Waals surface area (Å²) in [5.74, 6) is 0.0911. The molecule has 2 unspecified atom stereocenters. The minimum absolute atomic E-state index is 0.0490. The predicted octanol–water partition coefficient (Wildman–Crippen LogP) is 3.86. The standard InChI is InChI=1S/C22H23ClF3N3O2S/c1-32(30)21-3-2-19(11-20(21)22(24,25)26)31-14-18-13-29(7-5-28-18)6-4-15-8-16(12-27)10-17(23)9-15/h2-3,8-11,18,28H,4-7,13-14H2,1H3. The molecule has 1 saturated heterocycles. The van der Waals surface area contributed by atoms with Crippen molar-refractivity contribution < 1.29 is 22.1 Å². The molecule has 1 aliphatic heterocycles. The number of hydrogen-bond donors (Lipinski definition) is 1. The first-order chi connectivity index (χ1) is 15.2. The molecule has 3 rings (SSSR count). The SMILES string of the molecule is CS(=O)c1ccc(OCC2CN(CCc3cc(Cl)cc(C#N)c3)CCN2)cc1C(F)(F)F. The Morgan fingerprint density at radius 3 is 2.78 bits per heavy atom. The van der Waals surface area contributed by atoms with E-state index in [4.69, 9.17) is 21.6 Å². The molecule has 0 radical (unpaired) electrons. The van der Waals surface area contributed by atoms with E-state index < -0.39 is 22.5 Å². The third kappa shape index (κ3) is 6.69. The van der Waals surface area contributed by atoms with Crippen LogP contribution in [0.1, 0.15) is 16.7 Å². The highest BCUT2D eigenvalue weighted by Gasteiger charge is 2.35. The zero-order valence-electron chi connectivity index (χ0n) is 17.4. The Balaban J connectivity index is 1.57. The van der Waals surface area contributed by atoms with Gasteiger partial charge in [0.15, 0.2) is 0 Å². The molecule has 1 fully saturated rings. The number of halogens is 4. The van der Waals surface area contributed by atoms with Crippen LogP contribution in [0.5, 0.6) is 5.75 Å². The van der Waals surface area contributed by atoms with Crippen molar-refractivity contribution in [3.63, 3.8) is 0 Å². The molecule has 0 aliphatic carbocycles. The van der Waals surface area contributed by atoms with Gasteiger partial charge in [-0.1, -0.05) is 11.6 Å². The summed E-state index contributed by atoms with van der Waals surface area (Å²) in [6.07, 6.45) is -2.66. The van der Waals surface area contributed by atoms with E-state index in [1.54, 1.807) is 6.07 Å². The van der Waals surface area contributed by atoms with Crippen molar-refractivity contribution in [2.75, 3.05) is 39.0 Å². The number of alkyl halides is 3. The molecule has 0 spiro atoms. The maximum atomic E-state index is 13.3. The molecule has 0 amide bonds. The van der Waals surface area contributed by atoms with E-state index >= 15 is 0 Å². The van der Waals surface area contributed by atoms with Crippen molar-refractivity contribution in [2.45, 2.75) is 23.5 Å². The van der Waals surface area contributed by atoms with Crippen LogP contribution in [0.2, 0.25) is 5.02 Å². The molecule has 0 aromatic heterocycles. The summed E-state index contributed by atoms with van der Waals surface area (Å²) in [6, 6.07) is 10.9. The van der Waals surface area contributed by atoms with Crippen molar-refractivity contribution in [2.24, 2.45) is 0 Å². The lowest BCUT2D eigenvalue weighted by Crippen LogP contribution is -2.53. The molecule has 1 heterocycles. The molecular formula is C22H23ClF3N3O2S. The number of nitrogens with zero attached hydrogens (tertiary/aromatic N) is 2. The van der Waals surface area contributed by atoms with Gasteiger partial charge in [-0.2, -0.15) is 18.4 Å². The zero-order valence-corrected chi connectivity index (χ0v) is 19.0. The zero-order chi connectivity index (χ0) is 23.3. The molecule has 172 valence electrons. The van der Waals surface area contributed by atoms with Crippen LogP contribution in [0.15, 0.2) is 41.3 Å². The first kappa shape index (κ1) is 24.5. The molecule has 0 bridgehead atoms. The predicted molar refractivity (Wildman–Crippen MR) is 117 cm³/mol. The van der Waals surface area contributed by atoms with Crippen LogP contribution in [0.25, 0.3) is 0 Å². The Morgan fingerprint density at radius 1 is 1.31 bits per heavy atom. The van der Waals surface area contributed by atoms with Crippen LogP contribution in [0.3, 0.4) is 0 Å². The van der Waals surface area contributed by atoms with Crippen LogP contribution in [-0.2, 0) is 23.4 Å². The number of piperazine rings is 1. The van der Waals surface area contributed by atoms with Gasteiger partial charge in [0.2, 0.25) is 0 Å². The van der Waals surface area contributed by atoms with E-state index in [0.717, 1.165) is 37.7 Å². The largest absolute Gasteiger partial charge is 0.492 e. The van der Waals surface area contributed by atoms with Gasteiger partial charge in [-0.3, -0.25) is 4.21 Å². The summed E-state index contributed by atoms with van der Waals surface area (Å²) >= 11 is 6.06. The third-order valence-corrected chi connectivity index (χ3v) is 6.35. The van der Waals surface area contributed by atoms with Gasteiger partial charge in [-0.05, 0) is 48.4 Å². The van der Waals surface area contributed by atoms with Gasteiger partial charge in [-0.15, -0.1) is 0 Å². The average molecular weight is 486 g/mol. The first-order valence-corrected chi connectivity index (χ1v) is 11.9. The minimum Gasteiger partial charge on any atom is -0.492 e. The summed E-state index contributed by atoms with van der Waals surface area (Å²) in [6.45, 7) is 3.21. The first-order valence-electron chi connectivity index (χ1n) is 9.98.